The molecule has 0 spiro atoms. The van der Waals surface area contributed by atoms with E-state index < -0.39 is 17.8 Å². The van der Waals surface area contributed by atoms with Crippen LogP contribution in [-0.2, 0) is 0 Å². The Labute approximate surface area is 97.6 Å². The zero-order valence-electron chi connectivity index (χ0n) is 9.29. The van der Waals surface area contributed by atoms with Crippen LogP contribution >= 0.6 is 0 Å². The van der Waals surface area contributed by atoms with Crippen LogP contribution in [0.4, 0.5) is 14.9 Å². The molecule has 0 saturated carbocycles. The monoisotopic (exact) mass is 240 g/mol. The number of aromatic carboxylic acids is 1. The number of rotatable bonds is 4. The van der Waals surface area contributed by atoms with Gasteiger partial charge in [-0.25, -0.2) is 14.0 Å². The summed E-state index contributed by atoms with van der Waals surface area (Å²) in [6.45, 7) is 2.37. The highest BCUT2D eigenvalue weighted by molar-refractivity contribution is 5.99. The Kier molecular flexibility index (Phi) is 4.45. The van der Waals surface area contributed by atoms with Crippen molar-refractivity contribution in [2.45, 2.75) is 13.3 Å². The lowest BCUT2D eigenvalue weighted by atomic mass is 10.2. The molecule has 0 atom stereocenters. The second kappa shape index (κ2) is 5.83. The Morgan fingerprint density at radius 2 is 2.12 bits per heavy atom. The average molecular weight is 240 g/mol. The molecule has 0 radical (unpaired) electrons. The molecule has 3 N–H and O–H groups in total. The number of amides is 2. The van der Waals surface area contributed by atoms with Gasteiger partial charge < -0.3 is 15.7 Å². The van der Waals surface area contributed by atoms with Gasteiger partial charge in [0.2, 0.25) is 0 Å². The van der Waals surface area contributed by atoms with Crippen LogP contribution in [-0.4, -0.2) is 23.7 Å². The highest BCUT2D eigenvalue weighted by Crippen LogP contribution is 2.16. The zero-order valence-corrected chi connectivity index (χ0v) is 9.29. The number of urea groups is 1. The standard InChI is InChI=1S/C11H13FN2O3/c1-2-5-13-11(17)14-9-4-3-7(12)6-8(9)10(15)16/h3-4,6H,2,5H2,1H3,(H,15,16)(H2,13,14,17). The Bertz CT molecular complexity index is 435. The van der Waals surface area contributed by atoms with Crippen LogP contribution < -0.4 is 10.6 Å². The van der Waals surface area contributed by atoms with Gasteiger partial charge in [-0.3, -0.25) is 0 Å². The molecule has 0 saturated heterocycles. The zero-order chi connectivity index (χ0) is 12.8. The van der Waals surface area contributed by atoms with Crippen LogP contribution in [0, 0.1) is 5.82 Å². The number of anilines is 1. The molecular weight excluding hydrogens is 227 g/mol. The van der Waals surface area contributed by atoms with Gasteiger partial charge in [-0.1, -0.05) is 6.92 Å². The van der Waals surface area contributed by atoms with E-state index >= 15 is 0 Å². The van der Waals surface area contributed by atoms with Gasteiger partial charge >= 0.3 is 12.0 Å². The number of carboxylic acid groups (broad SMARTS) is 1. The second-order valence-electron chi connectivity index (χ2n) is 3.38. The maximum Gasteiger partial charge on any atom is 0.337 e. The molecule has 1 aromatic carbocycles. The van der Waals surface area contributed by atoms with E-state index in [2.05, 4.69) is 10.6 Å². The van der Waals surface area contributed by atoms with Crippen LogP contribution in [0.15, 0.2) is 18.2 Å². The third-order valence-electron chi connectivity index (χ3n) is 2.00. The smallest absolute Gasteiger partial charge is 0.337 e. The van der Waals surface area contributed by atoms with E-state index in [9.17, 15) is 14.0 Å². The molecule has 1 aromatic rings. The van der Waals surface area contributed by atoms with Crippen molar-refractivity contribution in [2.24, 2.45) is 0 Å². The Morgan fingerprint density at radius 1 is 1.41 bits per heavy atom. The van der Waals surface area contributed by atoms with Gasteiger partial charge in [0.25, 0.3) is 0 Å². The Morgan fingerprint density at radius 3 is 2.71 bits per heavy atom. The second-order valence-corrected chi connectivity index (χ2v) is 3.38. The molecule has 0 aliphatic heterocycles. The summed E-state index contributed by atoms with van der Waals surface area (Å²) in [6.07, 6.45) is 0.766. The van der Waals surface area contributed by atoms with Crippen molar-refractivity contribution in [3.63, 3.8) is 0 Å². The minimum absolute atomic E-state index is 0.0625. The molecule has 1 rings (SSSR count). The van der Waals surface area contributed by atoms with Crippen molar-refractivity contribution >= 4 is 17.7 Å². The van der Waals surface area contributed by atoms with Gasteiger partial charge in [0.1, 0.15) is 5.82 Å². The SMILES string of the molecule is CCCNC(=O)Nc1ccc(F)cc1C(=O)O. The molecule has 0 aromatic heterocycles. The largest absolute Gasteiger partial charge is 0.478 e. The lowest BCUT2D eigenvalue weighted by Gasteiger charge is -2.09. The van der Waals surface area contributed by atoms with Gasteiger partial charge in [-0.05, 0) is 24.6 Å². The van der Waals surface area contributed by atoms with Crippen LogP contribution in [0.25, 0.3) is 0 Å². The molecular formula is C11H13FN2O3. The van der Waals surface area contributed by atoms with E-state index in [1.165, 1.54) is 6.07 Å². The summed E-state index contributed by atoms with van der Waals surface area (Å²) in [4.78, 5) is 22.2. The molecule has 2 amide bonds. The fourth-order valence-electron chi connectivity index (χ4n) is 1.21. The van der Waals surface area contributed by atoms with Gasteiger partial charge in [0.05, 0.1) is 11.3 Å². The quantitative estimate of drug-likeness (QED) is 0.753. The van der Waals surface area contributed by atoms with E-state index in [1.54, 1.807) is 0 Å². The molecule has 5 nitrogen and oxygen atoms in total. The topological polar surface area (TPSA) is 78.4 Å². The predicted molar refractivity (Wildman–Crippen MR) is 60.7 cm³/mol. The van der Waals surface area contributed by atoms with Crippen molar-refractivity contribution in [1.82, 2.24) is 5.32 Å². The molecule has 0 heterocycles. The number of hydrogen-bond donors (Lipinski definition) is 3. The fourth-order valence-corrected chi connectivity index (χ4v) is 1.21. The van der Waals surface area contributed by atoms with E-state index in [0.29, 0.717) is 6.54 Å². The summed E-state index contributed by atoms with van der Waals surface area (Å²) < 4.78 is 12.9. The highest BCUT2D eigenvalue weighted by atomic mass is 19.1. The number of carbonyl (C=O) groups is 2. The normalized spacial score (nSPS) is 9.76. The van der Waals surface area contributed by atoms with Gasteiger partial charge in [-0.15, -0.1) is 0 Å². The molecule has 0 aliphatic rings. The van der Waals surface area contributed by atoms with Crippen LogP contribution in [0.2, 0.25) is 0 Å². The van der Waals surface area contributed by atoms with E-state index in [1.807, 2.05) is 6.92 Å². The fraction of sp³-hybridized carbons (Fsp3) is 0.273. The summed E-state index contributed by atoms with van der Waals surface area (Å²) in [5, 5.41) is 13.7. The number of nitrogens with one attached hydrogen (secondary N) is 2. The predicted octanol–water partition coefficient (Wildman–Crippen LogP) is 2.06. The van der Waals surface area contributed by atoms with Crippen molar-refractivity contribution in [3.8, 4) is 0 Å². The molecule has 0 bridgehead atoms. The molecule has 0 unspecified atom stereocenters. The van der Waals surface area contributed by atoms with E-state index in [0.717, 1.165) is 18.6 Å². The van der Waals surface area contributed by atoms with E-state index in [4.69, 9.17) is 5.11 Å². The number of carbonyl (C=O) groups excluding carboxylic acids is 1. The van der Waals surface area contributed by atoms with Crippen LogP contribution in [0.1, 0.15) is 23.7 Å². The molecule has 0 fully saturated rings. The lowest BCUT2D eigenvalue weighted by molar-refractivity contribution is 0.0697. The highest BCUT2D eigenvalue weighted by Gasteiger charge is 2.13. The number of benzene rings is 1. The molecule has 17 heavy (non-hydrogen) atoms. The summed E-state index contributed by atoms with van der Waals surface area (Å²) in [5.41, 5.74) is -0.218. The van der Waals surface area contributed by atoms with Crippen LogP contribution in [0.5, 0.6) is 0 Å². The molecule has 92 valence electrons. The van der Waals surface area contributed by atoms with Gasteiger partial charge in [0.15, 0.2) is 0 Å². The summed E-state index contributed by atoms with van der Waals surface area (Å²) in [6, 6.07) is 2.64. The summed E-state index contributed by atoms with van der Waals surface area (Å²) >= 11 is 0. The Balaban J connectivity index is 2.83. The van der Waals surface area contributed by atoms with Crippen LogP contribution in [0.3, 0.4) is 0 Å². The third-order valence-corrected chi connectivity index (χ3v) is 2.00. The van der Waals surface area contributed by atoms with Crippen molar-refractivity contribution in [1.29, 1.82) is 0 Å². The minimum atomic E-state index is -1.30. The van der Waals surface area contributed by atoms with Crippen molar-refractivity contribution < 1.29 is 19.1 Å². The maximum atomic E-state index is 12.9. The third kappa shape index (κ3) is 3.75. The maximum absolute atomic E-state index is 12.9. The van der Waals surface area contributed by atoms with Crippen molar-refractivity contribution in [2.75, 3.05) is 11.9 Å². The summed E-state index contributed by atoms with van der Waals surface area (Å²) in [5.74, 6) is -1.96. The minimum Gasteiger partial charge on any atom is -0.478 e. The van der Waals surface area contributed by atoms with E-state index in [-0.39, 0.29) is 11.3 Å². The first-order valence-electron chi connectivity index (χ1n) is 5.12. The first kappa shape index (κ1) is 13.0. The number of hydrogen-bond acceptors (Lipinski definition) is 2. The van der Waals surface area contributed by atoms with Crippen molar-refractivity contribution in [3.05, 3.63) is 29.6 Å². The molecule has 0 aliphatic carbocycles. The van der Waals surface area contributed by atoms with Gasteiger partial charge in [0, 0.05) is 6.54 Å². The average Bonchev–Trinajstić information content (AvgIpc) is 2.28. The summed E-state index contributed by atoms with van der Waals surface area (Å²) in [7, 11) is 0. The Hall–Kier alpha value is -2.11. The first-order chi connectivity index (χ1) is 8.04. The lowest BCUT2D eigenvalue weighted by Crippen LogP contribution is -2.29. The van der Waals surface area contributed by atoms with Gasteiger partial charge in [-0.2, -0.15) is 0 Å². The number of halogens is 1. The number of carboxylic acids is 1. The first-order valence-corrected chi connectivity index (χ1v) is 5.12. The molecule has 6 heteroatoms.